The first kappa shape index (κ1) is 33.6. The van der Waals surface area contributed by atoms with Gasteiger partial charge in [-0.25, -0.2) is 14.4 Å². The number of benzene rings is 3. The Hall–Kier alpha value is -5.23. The van der Waals surface area contributed by atoms with Gasteiger partial charge in [0.25, 0.3) is 0 Å². The SMILES string of the molecule is CC(C)[C@H](C)C(=O)N1CC2(CC2)C[C@H]1c1nc2ccc(C#Cc3ccc(-c4cnc([C@@H]5C[C@H]6C[C@H]6N5C(=O)[C@H](C)c5cccc(F)c5)[nH]4)cc3)cc2[nH]1. The first-order valence-electron chi connectivity index (χ1n) is 19.1. The number of carbonyl (C=O) groups excluding carboxylic acids is 2. The third-order valence-corrected chi connectivity index (χ3v) is 12.5. The number of fused-ring (bicyclic) bond motifs is 2. The van der Waals surface area contributed by atoms with Gasteiger partial charge in [-0.2, -0.15) is 0 Å². The lowest BCUT2D eigenvalue weighted by molar-refractivity contribution is -0.137. The van der Waals surface area contributed by atoms with Gasteiger partial charge < -0.3 is 19.8 Å². The Morgan fingerprint density at radius 1 is 0.887 bits per heavy atom. The number of H-pyrrole nitrogens is 2. The number of piperidine rings is 1. The van der Waals surface area contributed by atoms with Crippen molar-refractivity contribution in [2.45, 2.75) is 83.8 Å². The van der Waals surface area contributed by atoms with Crippen LogP contribution in [0.2, 0.25) is 0 Å². The number of carbonyl (C=O) groups is 2. The van der Waals surface area contributed by atoms with Crippen LogP contribution >= 0.6 is 0 Å². The van der Waals surface area contributed by atoms with Crippen LogP contribution < -0.4 is 0 Å². The van der Waals surface area contributed by atoms with Crippen molar-refractivity contribution in [1.29, 1.82) is 0 Å². The maximum atomic E-state index is 13.9. The summed E-state index contributed by atoms with van der Waals surface area (Å²) in [4.78, 5) is 48.0. The summed E-state index contributed by atoms with van der Waals surface area (Å²) in [5, 5.41) is 0. The van der Waals surface area contributed by atoms with Crippen molar-refractivity contribution in [3.05, 3.63) is 107 Å². The number of halogens is 1. The highest BCUT2D eigenvalue weighted by Gasteiger charge is 2.56. The molecule has 9 rings (SSSR count). The van der Waals surface area contributed by atoms with Crippen LogP contribution in [0, 0.1) is 40.8 Å². The number of aromatic amines is 2. The molecule has 2 N–H and O–H groups in total. The molecule has 4 heterocycles. The van der Waals surface area contributed by atoms with Crippen LogP contribution in [0.15, 0.2) is 72.9 Å². The summed E-state index contributed by atoms with van der Waals surface area (Å²) >= 11 is 0. The molecule has 2 aliphatic heterocycles. The molecule has 2 saturated carbocycles. The lowest BCUT2D eigenvalue weighted by Crippen LogP contribution is -2.37. The number of nitrogens with one attached hydrogen (secondary N) is 2. The number of imidazole rings is 2. The molecule has 9 heteroatoms. The van der Waals surface area contributed by atoms with Crippen molar-refractivity contribution in [3.63, 3.8) is 0 Å². The van der Waals surface area contributed by atoms with Gasteiger partial charge in [0.1, 0.15) is 17.5 Å². The van der Waals surface area contributed by atoms with Gasteiger partial charge >= 0.3 is 0 Å². The monoisotopic (exact) mass is 708 g/mol. The topological polar surface area (TPSA) is 98.0 Å². The normalized spacial score (nSPS) is 23.6. The Morgan fingerprint density at radius 3 is 2.42 bits per heavy atom. The Morgan fingerprint density at radius 2 is 1.66 bits per heavy atom. The Bertz CT molecular complexity index is 2290. The highest BCUT2D eigenvalue weighted by molar-refractivity contribution is 5.85. The molecule has 53 heavy (non-hydrogen) atoms. The van der Waals surface area contributed by atoms with Gasteiger partial charge in [0, 0.05) is 29.6 Å². The summed E-state index contributed by atoms with van der Waals surface area (Å²) in [6.07, 6.45) is 7.09. The van der Waals surface area contributed by atoms with Crippen molar-refractivity contribution >= 4 is 22.8 Å². The molecular formula is C44H45FN6O2. The van der Waals surface area contributed by atoms with Gasteiger partial charge in [-0.15, -0.1) is 0 Å². The van der Waals surface area contributed by atoms with Crippen LogP contribution in [-0.2, 0) is 9.59 Å². The molecule has 4 aliphatic rings. The van der Waals surface area contributed by atoms with E-state index in [1.54, 1.807) is 6.07 Å². The van der Waals surface area contributed by atoms with Crippen molar-refractivity contribution in [1.82, 2.24) is 29.7 Å². The van der Waals surface area contributed by atoms with E-state index in [9.17, 15) is 14.0 Å². The first-order chi connectivity index (χ1) is 25.6. The van der Waals surface area contributed by atoms with E-state index < -0.39 is 5.92 Å². The Kier molecular flexibility index (Phi) is 8.06. The summed E-state index contributed by atoms with van der Waals surface area (Å²) in [7, 11) is 0. The number of likely N-dealkylation sites (tertiary alicyclic amines) is 2. The highest BCUT2D eigenvalue weighted by Crippen LogP contribution is 2.58. The van der Waals surface area contributed by atoms with Crippen molar-refractivity contribution in [2.24, 2.45) is 23.2 Å². The first-order valence-corrected chi connectivity index (χ1v) is 19.1. The fourth-order valence-corrected chi connectivity index (χ4v) is 8.57. The van der Waals surface area contributed by atoms with Crippen molar-refractivity contribution in [3.8, 4) is 23.1 Å². The number of aromatic nitrogens is 4. The fraction of sp³-hybridized carbons (Fsp3) is 0.409. The van der Waals surface area contributed by atoms with Gasteiger partial charge in [-0.3, -0.25) is 9.59 Å². The van der Waals surface area contributed by atoms with E-state index >= 15 is 0 Å². The molecule has 0 unspecified atom stereocenters. The molecule has 1 spiro atoms. The zero-order valence-electron chi connectivity index (χ0n) is 30.7. The van der Waals surface area contributed by atoms with E-state index in [2.05, 4.69) is 40.6 Å². The maximum Gasteiger partial charge on any atom is 0.230 e. The molecule has 8 nitrogen and oxygen atoms in total. The molecule has 270 valence electrons. The highest BCUT2D eigenvalue weighted by atomic mass is 19.1. The second kappa shape index (κ2) is 12.7. The molecule has 2 aliphatic carbocycles. The summed E-state index contributed by atoms with van der Waals surface area (Å²) < 4.78 is 13.9. The number of amides is 2. The smallest absolute Gasteiger partial charge is 0.230 e. The van der Waals surface area contributed by atoms with E-state index in [4.69, 9.17) is 9.97 Å². The zero-order valence-corrected chi connectivity index (χ0v) is 30.7. The summed E-state index contributed by atoms with van der Waals surface area (Å²) in [6, 6.07) is 20.6. The van der Waals surface area contributed by atoms with E-state index in [1.807, 2.05) is 73.5 Å². The average molecular weight is 709 g/mol. The molecular weight excluding hydrogens is 664 g/mol. The lowest BCUT2D eigenvalue weighted by atomic mass is 9.96. The van der Waals surface area contributed by atoms with Crippen LogP contribution in [0.5, 0.6) is 0 Å². The Labute approximate surface area is 309 Å². The zero-order chi connectivity index (χ0) is 36.6. The minimum Gasteiger partial charge on any atom is -0.340 e. The third-order valence-electron chi connectivity index (χ3n) is 12.5. The summed E-state index contributed by atoms with van der Waals surface area (Å²) in [5.74, 6) is 8.56. The molecule has 2 aromatic heterocycles. The van der Waals surface area contributed by atoms with Crippen LogP contribution in [0.1, 0.15) is 106 Å². The van der Waals surface area contributed by atoms with E-state index in [1.165, 1.54) is 25.0 Å². The number of nitrogens with zero attached hydrogens (tertiary/aromatic N) is 4. The number of hydrogen-bond donors (Lipinski definition) is 2. The molecule has 0 radical (unpaired) electrons. The van der Waals surface area contributed by atoms with Crippen LogP contribution in [-0.4, -0.2) is 54.1 Å². The van der Waals surface area contributed by atoms with Gasteiger partial charge in [0.05, 0.1) is 40.9 Å². The number of rotatable bonds is 7. The fourth-order valence-electron chi connectivity index (χ4n) is 8.57. The molecule has 6 atom stereocenters. The average Bonchev–Trinajstić information content (AvgIpc) is 3.78. The molecule has 2 saturated heterocycles. The number of hydrogen-bond acceptors (Lipinski definition) is 4. The standard InChI is InChI=1S/C44H45FN6O2/c1-25(2)26(3)42(52)50-24-44(16-17-44)22-39(50)41-47-34-15-12-29(18-35(34)48-41)9-8-28-10-13-30(14-11-28)36-23-46-40(49-36)38-21-32-20-37(32)51(38)43(53)27(4)31-6-5-7-33(45)19-31/h5-7,10-15,18-19,23,25-27,32,37-39H,16-17,20-22,24H2,1-4H3,(H,46,49)(H,47,48)/t26-,27+,32+,37+,38-,39-/m0/s1. The summed E-state index contributed by atoms with van der Waals surface area (Å²) in [5.41, 5.74) is 6.45. The van der Waals surface area contributed by atoms with E-state index in [0.717, 1.165) is 70.9 Å². The van der Waals surface area contributed by atoms with Crippen molar-refractivity contribution < 1.29 is 14.0 Å². The molecule has 2 amide bonds. The maximum absolute atomic E-state index is 13.9. The predicted molar refractivity (Wildman–Crippen MR) is 202 cm³/mol. The van der Waals surface area contributed by atoms with Crippen LogP contribution in [0.4, 0.5) is 4.39 Å². The third kappa shape index (κ3) is 6.22. The van der Waals surface area contributed by atoms with Crippen molar-refractivity contribution in [2.75, 3.05) is 6.54 Å². The largest absolute Gasteiger partial charge is 0.340 e. The molecule has 0 bridgehead atoms. The minimum atomic E-state index is -0.428. The van der Waals surface area contributed by atoms with E-state index in [-0.39, 0.29) is 47.1 Å². The molecule has 5 aromatic rings. The predicted octanol–water partition coefficient (Wildman–Crippen LogP) is 8.30. The second-order valence-electron chi connectivity index (χ2n) is 16.4. The van der Waals surface area contributed by atoms with Gasteiger partial charge in [-0.1, -0.05) is 56.9 Å². The minimum absolute atomic E-state index is 0.0155. The van der Waals surface area contributed by atoms with Gasteiger partial charge in [0.15, 0.2) is 0 Å². The van der Waals surface area contributed by atoms with Crippen LogP contribution in [0.25, 0.3) is 22.3 Å². The lowest BCUT2D eigenvalue weighted by Gasteiger charge is -2.29. The molecule has 3 aromatic carbocycles. The summed E-state index contributed by atoms with van der Waals surface area (Å²) in [6.45, 7) is 8.97. The molecule has 4 fully saturated rings. The Balaban J connectivity index is 0.885. The van der Waals surface area contributed by atoms with Gasteiger partial charge in [0.2, 0.25) is 11.8 Å². The van der Waals surface area contributed by atoms with Crippen LogP contribution in [0.3, 0.4) is 0 Å². The quantitative estimate of drug-likeness (QED) is 0.166. The second-order valence-corrected chi connectivity index (χ2v) is 16.4. The van der Waals surface area contributed by atoms with E-state index in [0.29, 0.717) is 17.4 Å². The van der Waals surface area contributed by atoms with Gasteiger partial charge in [-0.05, 0) is 110 Å².